The van der Waals surface area contributed by atoms with Gasteiger partial charge >= 0.3 is 84.5 Å². The minimum Gasteiger partial charge on any atom is -0.870 e. The Labute approximate surface area is 95.9 Å². The average molecular weight is 241 g/mol. The van der Waals surface area contributed by atoms with Crippen molar-refractivity contribution in [1.29, 1.82) is 0 Å². The van der Waals surface area contributed by atoms with Gasteiger partial charge in [-0.05, 0) is 0 Å². The van der Waals surface area contributed by atoms with E-state index in [1.54, 1.807) is 18.2 Å². The largest absolute Gasteiger partial charge is 0.870 e. The molecule has 1 aliphatic rings. The van der Waals surface area contributed by atoms with Gasteiger partial charge in [0.05, 0.1) is 0 Å². The van der Waals surface area contributed by atoms with E-state index in [0.717, 1.165) is 12.8 Å². The smallest absolute Gasteiger partial charge is 0.870 e. The predicted molar refractivity (Wildman–Crippen MR) is 59.0 cm³/mol. The van der Waals surface area contributed by atoms with E-state index in [1.165, 1.54) is 6.07 Å². The molecule has 0 saturated heterocycles. The van der Waals surface area contributed by atoms with E-state index in [0.29, 0.717) is 5.46 Å². The van der Waals surface area contributed by atoms with Crippen LogP contribution in [0.1, 0.15) is 12.8 Å². The van der Waals surface area contributed by atoms with Crippen molar-refractivity contribution in [2.75, 3.05) is 0 Å². The predicted octanol–water partition coefficient (Wildman–Crippen LogP) is -0.432. The van der Waals surface area contributed by atoms with E-state index in [4.69, 9.17) is 7.85 Å². The van der Waals surface area contributed by atoms with Crippen molar-refractivity contribution in [2.24, 2.45) is 0 Å². The molecule has 1 fully saturated rings. The number of hydrogen-bond donors (Lipinski definition) is 1. The summed E-state index contributed by atoms with van der Waals surface area (Å²) in [7, 11) is 2.16. The van der Waals surface area contributed by atoms with Crippen LogP contribution in [-0.4, -0.2) is 33.3 Å². The van der Waals surface area contributed by atoms with Crippen molar-refractivity contribution in [3.63, 3.8) is 0 Å². The van der Waals surface area contributed by atoms with E-state index in [9.17, 15) is 8.42 Å². The Kier molecular flexibility index (Phi) is 5.14. The molecule has 7 heteroatoms. The Morgan fingerprint density at radius 2 is 1.88 bits per heavy atom. The van der Waals surface area contributed by atoms with Crippen molar-refractivity contribution in [2.45, 2.75) is 23.8 Å². The molecule has 1 saturated carbocycles. The van der Waals surface area contributed by atoms with Crippen molar-refractivity contribution < 1.29 is 19.4 Å². The van der Waals surface area contributed by atoms with Crippen LogP contribution in [0.2, 0.25) is 0 Å². The van der Waals surface area contributed by atoms with Crippen molar-refractivity contribution in [1.82, 2.24) is 4.72 Å². The van der Waals surface area contributed by atoms with Crippen molar-refractivity contribution in [3.05, 3.63) is 24.3 Å². The molecule has 16 heavy (non-hydrogen) atoms. The summed E-state index contributed by atoms with van der Waals surface area (Å²) < 4.78 is 25.9. The summed E-state index contributed by atoms with van der Waals surface area (Å²) in [5.74, 6) is 0. The van der Waals surface area contributed by atoms with Gasteiger partial charge in [0, 0.05) is 0 Å². The molecule has 0 atom stereocenters. The Morgan fingerprint density at radius 1 is 1.25 bits per heavy atom. The summed E-state index contributed by atoms with van der Waals surface area (Å²) in [4.78, 5) is 0.240. The zero-order chi connectivity index (χ0) is 10.2. The molecule has 1 aromatic rings. The van der Waals surface area contributed by atoms with Crippen LogP contribution in [0.25, 0.3) is 0 Å². The van der Waals surface area contributed by atoms with E-state index in [1.807, 2.05) is 0 Å². The first kappa shape index (κ1) is 15.1. The maximum atomic E-state index is 11.7. The third-order valence-corrected chi connectivity index (χ3v) is 3.59. The summed E-state index contributed by atoms with van der Waals surface area (Å²) in [6, 6.07) is 6.43. The molecule has 1 aromatic carbocycles. The topological polar surface area (TPSA) is 106 Å². The first-order valence-corrected chi connectivity index (χ1v) is 5.94. The molecule has 0 amide bonds. The molecule has 5 nitrogen and oxygen atoms in total. The van der Waals surface area contributed by atoms with Gasteiger partial charge in [0.2, 0.25) is 0 Å². The Balaban J connectivity index is 0.00000112. The molecule has 0 radical (unpaired) electrons. The SMILES string of the molecule is [B+2]c1cccc(S(=O)(=O)NC2CC2)c1.[OH-].[OH-]. The van der Waals surface area contributed by atoms with Crippen LogP contribution >= 0.6 is 0 Å². The molecule has 86 valence electrons. The van der Waals surface area contributed by atoms with E-state index in [2.05, 4.69) is 4.72 Å². The standard InChI is InChI=1S/C9H10BNO2S.2H2O/c10-7-2-1-3-9(6-7)14(12,13)11-8-4-5-8;;/h1-3,6,8,11H,4-5H2;2*1H2/q+2;;/p-2. The van der Waals surface area contributed by atoms with Crippen molar-refractivity contribution in [3.8, 4) is 0 Å². The number of rotatable bonds is 3. The van der Waals surface area contributed by atoms with Gasteiger partial charge in [-0.15, -0.1) is 0 Å². The third-order valence-electron chi connectivity index (χ3n) is 2.07. The minimum atomic E-state index is -3.35. The molecule has 1 aliphatic carbocycles. The Bertz CT molecular complexity index is 445. The maximum Gasteiger partial charge on any atom is -0.870 e. The average Bonchev–Trinajstić information content (AvgIpc) is 2.87. The molecular formula is C9H12BNO4S. The normalized spacial score (nSPS) is 14.9. The second-order valence-electron chi connectivity index (χ2n) is 3.47. The fourth-order valence-corrected chi connectivity index (χ4v) is 2.53. The van der Waals surface area contributed by atoms with Crippen LogP contribution in [0.4, 0.5) is 0 Å². The monoisotopic (exact) mass is 241 g/mol. The fourth-order valence-electron chi connectivity index (χ4n) is 1.17. The Hall–Kier alpha value is -0.885. The second kappa shape index (κ2) is 5.45. The van der Waals surface area contributed by atoms with Crippen molar-refractivity contribution >= 4 is 23.3 Å². The third kappa shape index (κ3) is 3.60. The van der Waals surface area contributed by atoms with Gasteiger partial charge in [0.25, 0.3) is 0 Å². The van der Waals surface area contributed by atoms with Gasteiger partial charge in [0.1, 0.15) is 0 Å². The fraction of sp³-hybridized carbons (Fsp3) is 0.333. The van der Waals surface area contributed by atoms with Crippen LogP contribution in [0.3, 0.4) is 0 Å². The summed E-state index contributed by atoms with van der Waals surface area (Å²) in [5.41, 5.74) is 0.462. The van der Waals surface area contributed by atoms with Gasteiger partial charge in [-0.3, -0.25) is 0 Å². The van der Waals surface area contributed by atoms with Crippen LogP contribution < -0.4 is 10.2 Å². The van der Waals surface area contributed by atoms with Crippen LogP contribution in [0.5, 0.6) is 0 Å². The molecule has 0 bridgehead atoms. The quantitative estimate of drug-likeness (QED) is 0.724. The summed E-state index contributed by atoms with van der Waals surface area (Å²) in [6.45, 7) is 0. The molecule has 0 unspecified atom stereocenters. The number of nitrogens with one attached hydrogen (secondary N) is 1. The summed E-state index contributed by atoms with van der Waals surface area (Å²) in [6.07, 6.45) is 1.86. The molecule has 3 N–H and O–H groups in total. The molecule has 0 aliphatic heterocycles. The summed E-state index contributed by atoms with van der Waals surface area (Å²) in [5, 5.41) is 0. The van der Waals surface area contributed by atoms with Gasteiger partial charge < -0.3 is 11.0 Å². The van der Waals surface area contributed by atoms with Crippen LogP contribution in [0.15, 0.2) is 29.2 Å². The molecule has 0 spiro atoms. The van der Waals surface area contributed by atoms with E-state index in [-0.39, 0.29) is 21.9 Å². The molecule has 0 aromatic heterocycles. The zero-order valence-electron chi connectivity index (χ0n) is 8.50. The van der Waals surface area contributed by atoms with E-state index < -0.39 is 10.0 Å². The van der Waals surface area contributed by atoms with Gasteiger partial charge in [0.15, 0.2) is 0 Å². The maximum absolute atomic E-state index is 11.7. The van der Waals surface area contributed by atoms with Gasteiger partial charge in [-0.1, -0.05) is 0 Å². The molecule has 2 rings (SSSR count). The van der Waals surface area contributed by atoms with Crippen LogP contribution in [0, 0.1) is 0 Å². The van der Waals surface area contributed by atoms with Gasteiger partial charge in [-0.2, -0.15) is 0 Å². The van der Waals surface area contributed by atoms with Gasteiger partial charge in [-0.25, -0.2) is 0 Å². The Morgan fingerprint density at radius 3 is 2.38 bits per heavy atom. The zero-order valence-corrected chi connectivity index (χ0v) is 9.31. The molecule has 0 heterocycles. The number of benzene rings is 1. The molecular weight excluding hydrogens is 229 g/mol. The number of sulfonamides is 1. The van der Waals surface area contributed by atoms with E-state index >= 15 is 0 Å². The summed E-state index contributed by atoms with van der Waals surface area (Å²) >= 11 is 0. The van der Waals surface area contributed by atoms with Crippen LogP contribution in [-0.2, 0) is 10.0 Å². The number of hydrogen-bond acceptors (Lipinski definition) is 4. The minimum absolute atomic E-state index is 0. The first-order chi connectivity index (χ1) is 6.58. The second-order valence-corrected chi connectivity index (χ2v) is 5.18. The first-order valence-electron chi connectivity index (χ1n) is 4.46.